The number of amides is 2. The van der Waals surface area contributed by atoms with Gasteiger partial charge in [0, 0.05) is 18.5 Å². The molecule has 1 unspecified atom stereocenters. The van der Waals surface area contributed by atoms with Crippen molar-refractivity contribution in [3.63, 3.8) is 0 Å². The number of aromatic amines is 1. The number of fused-ring (bicyclic) bond motifs is 3. The van der Waals surface area contributed by atoms with Gasteiger partial charge in [0.05, 0.1) is 17.9 Å². The zero-order valence-electron chi connectivity index (χ0n) is 17.5. The first-order valence-corrected chi connectivity index (χ1v) is 10.3. The predicted molar refractivity (Wildman–Crippen MR) is 114 cm³/mol. The fourth-order valence-corrected chi connectivity index (χ4v) is 4.20. The molecule has 12 nitrogen and oxygen atoms in total. The lowest BCUT2D eigenvalue weighted by atomic mass is 9.91. The molecule has 1 aromatic carbocycles. The van der Waals surface area contributed by atoms with Crippen LogP contribution in [0.2, 0.25) is 0 Å². The van der Waals surface area contributed by atoms with Gasteiger partial charge in [0.1, 0.15) is 17.7 Å². The number of nitrogens with zero attached hydrogens (tertiary/aromatic N) is 5. The van der Waals surface area contributed by atoms with Crippen LogP contribution >= 0.6 is 0 Å². The molecule has 0 fully saturated rings. The maximum atomic E-state index is 13.2. The van der Waals surface area contributed by atoms with E-state index >= 15 is 0 Å². The van der Waals surface area contributed by atoms with Crippen LogP contribution in [0.1, 0.15) is 29.2 Å². The lowest BCUT2D eigenvalue weighted by molar-refractivity contribution is -0.126. The van der Waals surface area contributed by atoms with E-state index in [-0.39, 0.29) is 31.6 Å². The van der Waals surface area contributed by atoms with E-state index in [4.69, 9.17) is 9.47 Å². The Morgan fingerprint density at radius 3 is 3.03 bits per heavy atom. The number of imidazole rings is 1. The Labute approximate surface area is 186 Å². The van der Waals surface area contributed by atoms with Crippen LogP contribution in [-0.2, 0) is 16.1 Å². The number of H-pyrrole nitrogens is 1. The van der Waals surface area contributed by atoms with E-state index in [9.17, 15) is 9.59 Å². The van der Waals surface area contributed by atoms with Gasteiger partial charge in [0.15, 0.2) is 23.0 Å². The number of anilines is 1. The summed E-state index contributed by atoms with van der Waals surface area (Å²) in [6.45, 7) is 2.28. The molecular weight excluding hydrogens is 428 g/mol. The zero-order chi connectivity index (χ0) is 22.5. The summed E-state index contributed by atoms with van der Waals surface area (Å²) in [4.78, 5) is 41.3. The van der Waals surface area contributed by atoms with Gasteiger partial charge >= 0.3 is 0 Å². The van der Waals surface area contributed by atoms with Crippen LogP contribution in [0.5, 0.6) is 11.5 Å². The molecule has 0 spiro atoms. The average Bonchev–Trinajstić information content (AvgIpc) is 3.55. The van der Waals surface area contributed by atoms with Crippen LogP contribution in [0, 0.1) is 6.92 Å². The third kappa shape index (κ3) is 3.14. The zero-order valence-corrected chi connectivity index (χ0v) is 17.5. The van der Waals surface area contributed by atoms with E-state index < -0.39 is 5.92 Å². The molecule has 0 bridgehead atoms. The molecule has 33 heavy (non-hydrogen) atoms. The first-order valence-electron chi connectivity index (χ1n) is 10.3. The molecule has 2 amide bonds. The maximum Gasteiger partial charge on any atom is 0.231 e. The van der Waals surface area contributed by atoms with Crippen molar-refractivity contribution in [3.8, 4) is 17.3 Å². The minimum Gasteiger partial charge on any atom is -0.454 e. The topological polar surface area (TPSA) is 149 Å². The fraction of sp³-hybridized carbons (Fsp3) is 0.238. The summed E-state index contributed by atoms with van der Waals surface area (Å²) < 4.78 is 12.2. The molecule has 12 heteroatoms. The van der Waals surface area contributed by atoms with Crippen molar-refractivity contribution in [2.45, 2.75) is 25.8 Å². The molecule has 0 radical (unpaired) electrons. The summed E-state index contributed by atoms with van der Waals surface area (Å²) in [6.07, 6.45) is 2.91. The average molecular weight is 446 g/mol. The summed E-state index contributed by atoms with van der Waals surface area (Å²) in [5.41, 5.74) is 3.19. The second kappa shape index (κ2) is 7.29. The van der Waals surface area contributed by atoms with Gasteiger partial charge < -0.3 is 25.1 Å². The summed E-state index contributed by atoms with van der Waals surface area (Å²) in [5, 5.41) is 10.3. The van der Waals surface area contributed by atoms with Gasteiger partial charge in [0.2, 0.25) is 18.6 Å². The largest absolute Gasteiger partial charge is 0.454 e. The lowest BCUT2D eigenvalue weighted by Gasteiger charge is -2.23. The highest BCUT2D eigenvalue weighted by Crippen LogP contribution is 2.37. The Morgan fingerprint density at radius 1 is 1.24 bits per heavy atom. The Bertz CT molecular complexity index is 1430. The van der Waals surface area contributed by atoms with Gasteiger partial charge in [-0.2, -0.15) is 9.78 Å². The third-order valence-electron chi connectivity index (χ3n) is 5.73. The third-order valence-corrected chi connectivity index (χ3v) is 5.73. The molecule has 0 saturated carbocycles. The molecule has 6 rings (SSSR count). The van der Waals surface area contributed by atoms with Gasteiger partial charge in [-0.1, -0.05) is 6.07 Å². The summed E-state index contributed by atoms with van der Waals surface area (Å²) in [7, 11) is 0. The number of nitrogens with one attached hydrogen (secondary N) is 3. The van der Waals surface area contributed by atoms with E-state index in [1.54, 1.807) is 6.92 Å². The number of rotatable bonds is 4. The molecule has 0 saturated heterocycles. The molecule has 4 aromatic rings. The molecule has 3 aromatic heterocycles. The van der Waals surface area contributed by atoms with E-state index in [1.807, 2.05) is 18.2 Å². The maximum absolute atomic E-state index is 13.2. The van der Waals surface area contributed by atoms with Crippen LogP contribution in [-0.4, -0.2) is 48.3 Å². The van der Waals surface area contributed by atoms with E-state index in [0.29, 0.717) is 45.6 Å². The van der Waals surface area contributed by atoms with Crippen LogP contribution in [0.15, 0.2) is 30.9 Å². The fourth-order valence-electron chi connectivity index (χ4n) is 4.20. The van der Waals surface area contributed by atoms with Crippen LogP contribution in [0.4, 0.5) is 5.82 Å². The first-order chi connectivity index (χ1) is 16.1. The second-order valence-electron chi connectivity index (χ2n) is 7.77. The van der Waals surface area contributed by atoms with Crippen molar-refractivity contribution >= 4 is 28.8 Å². The molecule has 2 aliphatic rings. The number of hydrogen-bond donors (Lipinski definition) is 3. The number of ether oxygens (including phenoxy) is 2. The van der Waals surface area contributed by atoms with Gasteiger partial charge in [-0.05, 0) is 24.6 Å². The van der Waals surface area contributed by atoms with E-state index in [0.717, 1.165) is 5.56 Å². The number of aryl methyl sites for hydroxylation is 1. The number of aromatic nitrogens is 6. The van der Waals surface area contributed by atoms with Gasteiger partial charge in [0.25, 0.3) is 0 Å². The number of benzene rings is 1. The summed E-state index contributed by atoms with van der Waals surface area (Å²) >= 11 is 0. The summed E-state index contributed by atoms with van der Waals surface area (Å²) in [5.74, 6) is 0.953. The van der Waals surface area contributed by atoms with Crippen molar-refractivity contribution in [2.24, 2.45) is 0 Å². The monoisotopic (exact) mass is 446 g/mol. The molecule has 5 heterocycles. The number of hydrogen-bond acceptors (Lipinski definition) is 8. The van der Waals surface area contributed by atoms with Crippen molar-refractivity contribution in [1.29, 1.82) is 0 Å². The molecule has 2 aliphatic heterocycles. The van der Waals surface area contributed by atoms with Crippen LogP contribution < -0.4 is 20.1 Å². The van der Waals surface area contributed by atoms with E-state index in [2.05, 4.69) is 35.7 Å². The predicted octanol–water partition coefficient (Wildman–Crippen LogP) is 1.32. The van der Waals surface area contributed by atoms with Crippen molar-refractivity contribution < 1.29 is 19.1 Å². The Balaban J connectivity index is 1.31. The molecule has 1 atom stereocenters. The molecular formula is C21H18N8O4. The van der Waals surface area contributed by atoms with Crippen molar-refractivity contribution in [1.82, 2.24) is 35.0 Å². The Hall–Kier alpha value is -4.48. The van der Waals surface area contributed by atoms with Gasteiger partial charge in [-0.15, -0.1) is 0 Å². The summed E-state index contributed by atoms with van der Waals surface area (Å²) in [6, 6.07) is 5.50. The quantitative estimate of drug-likeness (QED) is 0.425. The normalized spacial score (nSPS) is 16.5. The molecule has 0 aliphatic carbocycles. The smallest absolute Gasteiger partial charge is 0.231 e. The van der Waals surface area contributed by atoms with Crippen molar-refractivity contribution in [3.05, 3.63) is 47.7 Å². The minimum absolute atomic E-state index is 0.0236. The Morgan fingerprint density at radius 2 is 2.12 bits per heavy atom. The van der Waals surface area contributed by atoms with Crippen molar-refractivity contribution in [2.75, 3.05) is 12.1 Å². The highest BCUT2D eigenvalue weighted by Gasteiger charge is 2.36. The Kier molecular flexibility index (Phi) is 4.25. The lowest BCUT2D eigenvalue weighted by Crippen LogP contribution is -2.35. The SMILES string of the molecule is Cc1nn(-c2ncnc3nc[nH]c23)c2c1C(C(=O)NCc1ccc3c(c1)OCO3)CC(=O)N2. The molecule has 3 N–H and O–H groups in total. The van der Waals surface area contributed by atoms with Gasteiger partial charge in [-0.3, -0.25) is 9.59 Å². The molecule has 166 valence electrons. The first kappa shape index (κ1) is 19.2. The van der Waals surface area contributed by atoms with E-state index in [1.165, 1.54) is 17.3 Å². The second-order valence-corrected chi connectivity index (χ2v) is 7.77. The highest BCUT2D eigenvalue weighted by molar-refractivity contribution is 6.01. The highest BCUT2D eigenvalue weighted by atomic mass is 16.7. The number of carbonyl (C=O) groups is 2. The van der Waals surface area contributed by atoms with Crippen LogP contribution in [0.3, 0.4) is 0 Å². The number of carbonyl (C=O) groups excluding carboxylic acids is 2. The standard InChI is InChI=1S/C21H18N8O4/c1-10-16-12(21(31)22-6-11-2-3-13-14(4-11)33-9-32-13)5-15(30)27-19(16)29(28-10)20-17-18(24-7-23-17)25-8-26-20/h2-4,7-8,12H,5-6,9H2,1H3,(H,22,31)(H,27,30)(H,23,24,25,26). The van der Waals surface area contributed by atoms with Crippen LogP contribution in [0.25, 0.3) is 17.0 Å². The minimum atomic E-state index is -0.685. The van der Waals surface area contributed by atoms with Gasteiger partial charge in [-0.25, -0.2) is 15.0 Å².